The smallest absolute Gasteiger partial charge is 0.408 e. The van der Waals surface area contributed by atoms with Crippen LogP contribution in [0, 0.1) is 0 Å². The fourth-order valence-corrected chi connectivity index (χ4v) is 1.37. The molecule has 0 radical (unpaired) electrons. The molecular weight excluding hydrogens is 260 g/mol. The molecule has 0 aliphatic rings. The van der Waals surface area contributed by atoms with Crippen LogP contribution < -0.4 is 10.6 Å². The molecule has 0 bridgehead atoms. The molecule has 1 unspecified atom stereocenters. The molecule has 0 saturated carbocycles. The third kappa shape index (κ3) is 5.17. The van der Waals surface area contributed by atoms with E-state index < -0.39 is 23.6 Å². The SMILES string of the molecule is CC(NC(=O)OC(C)(C)C)C(=O)Nc1ccccc1O. The van der Waals surface area contributed by atoms with Crippen LogP contribution in [0.25, 0.3) is 0 Å². The molecular formula is C14H20N2O4. The number of phenols is 1. The first-order chi connectivity index (χ1) is 9.19. The highest BCUT2D eigenvalue weighted by atomic mass is 16.6. The molecule has 2 amide bonds. The van der Waals surface area contributed by atoms with Crippen molar-refractivity contribution in [3.8, 4) is 5.75 Å². The Kier molecular flexibility index (Phi) is 4.96. The van der Waals surface area contributed by atoms with Crippen LogP contribution >= 0.6 is 0 Å². The lowest BCUT2D eigenvalue weighted by atomic mass is 10.2. The number of benzene rings is 1. The molecule has 0 spiro atoms. The van der Waals surface area contributed by atoms with Gasteiger partial charge in [-0.05, 0) is 39.8 Å². The van der Waals surface area contributed by atoms with E-state index >= 15 is 0 Å². The molecule has 3 N–H and O–H groups in total. The van der Waals surface area contributed by atoms with Crippen molar-refractivity contribution in [1.29, 1.82) is 0 Å². The van der Waals surface area contributed by atoms with Crippen LogP contribution in [-0.4, -0.2) is 28.7 Å². The van der Waals surface area contributed by atoms with Crippen molar-refractivity contribution in [1.82, 2.24) is 5.32 Å². The van der Waals surface area contributed by atoms with Gasteiger partial charge in [0.1, 0.15) is 17.4 Å². The Labute approximate surface area is 118 Å². The van der Waals surface area contributed by atoms with Gasteiger partial charge in [-0.3, -0.25) is 4.79 Å². The second-order valence-corrected chi connectivity index (χ2v) is 5.37. The molecule has 1 rings (SSSR count). The molecule has 1 atom stereocenters. The van der Waals surface area contributed by atoms with Crippen molar-refractivity contribution in [3.05, 3.63) is 24.3 Å². The van der Waals surface area contributed by atoms with Gasteiger partial charge in [-0.1, -0.05) is 12.1 Å². The number of anilines is 1. The van der Waals surface area contributed by atoms with E-state index in [0.29, 0.717) is 0 Å². The Morgan fingerprint density at radius 2 is 1.85 bits per heavy atom. The maximum absolute atomic E-state index is 11.9. The summed E-state index contributed by atoms with van der Waals surface area (Å²) in [5, 5.41) is 14.5. The zero-order valence-electron chi connectivity index (χ0n) is 12.1. The summed E-state index contributed by atoms with van der Waals surface area (Å²) in [7, 11) is 0. The summed E-state index contributed by atoms with van der Waals surface area (Å²) in [5.74, 6) is -0.484. The van der Waals surface area contributed by atoms with Crippen LogP contribution in [0.3, 0.4) is 0 Å². The van der Waals surface area contributed by atoms with Crippen molar-refractivity contribution in [2.75, 3.05) is 5.32 Å². The lowest BCUT2D eigenvalue weighted by Gasteiger charge is -2.21. The molecule has 110 valence electrons. The van der Waals surface area contributed by atoms with Gasteiger partial charge in [0.25, 0.3) is 0 Å². The summed E-state index contributed by atoms with van der Waals surface area (Å²) >= 11 is 0. The lowest BCUT2D eigenvalue weighted by molar-refractivity contribution is -0.117. The predicted molar refractivity (Wildman–Crippen MR) is 75.6 cm³/mol. The van der Waals surface area contributed by atoms with Crippen molar-refractivity contribution in [2.45, 2.75) is 39.3 Å². The molecule has 0 saturated heterocycles. The molecule has 6 nitrogen and oxygen atoms in total. The van der Waals surface area contributed by atoms with Gasteiger partial charge in [0, 0.05) is 0 Å². The average molecular weight is 280 g/mol. The monoisotopic (exact) mass is 280 g/mol. The zero-order valence-corrected chi connectivity index (χ0v) is 12.1. The van der Waals surface area contributed by atoms with E-state index in [1.54, 1.807) is 39.0 Å². The summed E-state index contributed by atoms with van der Waals surface area (Å²) in [6.07, 6.45) is -0.669. The van der Waals surface area contributed by atoms with E-state index in [9.17, 15) is 14.7 Å². The van der Waals surface area contributed by atoms with Crippen molar-refractivity contribution < 1.29 is 19.4 Å². The number of aromatic hydroxyl groups is 1. The van der Waals surface area contributed by atoms with Gasteiger partial charge >= 0.3 is 6.09 Å². The molecule has 6 heteroatoms. The van der Waals surface area contributed by atoms with Crippen LogP contribution in [-0.2, 0) is 9.53 Å². The Morgan fingerprint density at radius 3 is 2.40 bits per heavy atom. The van der Waals surface area contributed by atoms with E-state index in [1.807, 2.05) is 0 Å². The zero-order chi connectivity index (χ0) is 15.3. The third-order valence-electron chi connectivity index (χ3n) is 2.29. The highest BCUT2D eigenvalue weighted by molar-refractivity contribution is 5.97. The summed E-state index contributed by atoms with van der Waals surface area (Å²) in [4.78, 5) is 23.4. The highest BCUT2D eigenvalue weighted by Crippen LogP contribution is 2.21. The minimum Gasteiger partial charge on any atom is -0.506 e. The third-order valence-corrected chi connectivity index (χ3v) is 2.29. The number of carbonyl (C=O) groups excluding carboxylic acids is 2. The largest absolute Gasteiger partial charge is 0.506 e. The number of amides is 2. The van der Waals surface area contributed by atoms with E-state index in [0.717, 1.165) is 0 Å². The van der Waals surface area contributed by atoms with Gasteiger partial charge in [-0.25, -0.2) is 4.79 Å². The summed E-state index contributed by atoms with van der Waals surface area (Å²) < 4.78 is 5.05. The molecule has 1 aromatic carbocycles. The van der Waals surface area contributed by atoms with E-state index in [2.05, 4.69) is 10.6 Å². The van der Waals surface area contributed by atoms with Gasteiger partial charge < -0.3 is 20.5 Å². The standard InChI is InChI=1S/C14H20N2O4/c1-9(15-13(19)20-14(2,3)4)12(18)16-10-7-5-6-8-11(10)17/h5-9,17H,1-4H3,(H,15,19)(H,16,18). The predicted octanol–water partition coefficient (Wildman–Crippen LogP) is 2.24. The van der Waals surface area contributed by atoms with Crippen LogP contribution in [0.4, 0.5) is 10.5 Å². The van der Waals surface area contributed by atoms with E-state index in [1.165, 1.54) is 13.0 Å². The van der Waals surface area contributed by atoms with Gasteiger partial charge in [-0.15, -0.1) is 0 Å². The molecule has 0 aliphatic carbocycles. The van der Waals surface area contributed by atoms with Gasteiger partial charge in [0.2, 0.25) is 5.91 Å². The number of carbonyl (C=O) groups is 2. The van der Waals surface area contributed by atoms with Gasteiger partial charge in [0.05, 0.1) is 5.69 Å². The quantitative estimate of drug-likeness (QED) is 0.741. The van der Waals surface area contributed by atoms with Crippen LogP contribution in [0.2, 0.25) is 0 Å². The first kappa shape index (κ1) is 15.8. The fraction of sp³-hybridized carbons (Fsp3) is 0.429. The Bertz CT molecular complexity index is 494. The molecule has 1 aromatic rings. The Balaban J connectivity index is 2.56. The van der Waals surface area contributed by atoms with Crippen LogP contribution in [0.1, 0.15) is 27.7 Å². The summed E-state index contributed by atoms with van der Waals surface area (Å²) in [6.45, 7) is 6.73. The fourth-order valence-electron chi connectivity index (χ4n) is 1.37. The van der Waals surface area contributed by atoms with E-state index in [4.69, 9.17) is 4.74 Å². The van der Waals surface area contributed by atoms with E-state index in [-0.39, 0.29) is 11.4 Å². The number of ether oxygens (including phenoxy) is 1. The lowest BCUT2D eigenvalue weighted by Crippen LogP contribution is -2.43. The Morgan fingerprint density at radius 1 is 1.25 bits per heavy atom. The first-order valence-electron chi connectivity index (χ1n) is 6.27. The number of rotatable bonds is 3. The maximum atomic E-state index is 11.9. The van der Waals surface area contributed by atoms with Gasteiger partial charge in [-0.2, -0.15) is 0 Å². The average Bonchev–Trinajstić information content (AvgIpc) is 2.29. The number of phenolic OH excluding ortho intramolecular Hbond substituents is 1. The van der Waals surface area contributed by atoms with Crippen molar-refractivity contribution >= 4 is 17.7 Å². The maximum Gasteiger partial charge on any atom is 0.408 e. The molecule has 0 fully saturated rings. The summed E-state index contributed by atoms with van der Waals surface area (Å²) in [5.41, 5.74) is -0.340. The molecule has 0 heterocycles. The van der Waals surface area contributed by atoms with Crippen LogP contribution in [0.15, 0.2) is 24.3 Å². The second kappa shape index (κ2) is 6.27. The molecule has 20 heavy (non-hydrogen) atoms. The minimum atomic E-state index is -0.788. The van der Waals surface area contributed by atoms with Crippen LogP contribution in [0.5, 0.6) is 5.75 Å². The molecule has 0 aromatic heterocycles. The van der Waals surface area contributed by atoms with Gasteiger partial charge in [0.15, 0.2) is 0 Å². The number of para-hydroxylation sites is 2. The number of alkyl carbamates (subject to hydrolysis) is 1. The first-order valence-corrected chi connectivity index (χ1v) is 6.27. The highest BCUT2D eigenvalue weighted by Gasteiger charge is 2.21. The number of nitrogens with one attached hydrogen (secondary N) is 2. The number of hydrogen-bond donors (Lipinski definition) is 3. The normalized spacial score (nSPS) is 12.4. The van der Waals surface area contributed by atoms with Crippen molar-refractivity contribution in [2.24, 2.45) is 0 Å². The topological polar surface area (TPSA) is 87.7 Å². The van der Waals surface area contributed by atoms with Crippen molar-refractivity contribution in [3.63, 3.8) is 0 Å². The minimum absolute atomic E-state index is 0.0367. The summed E-state index contributed by atoms with van der Waals surface area (Å²) in [6, 6.07) is 5.56. The number of hydrogen-bond acceptors (Lipinski definition) is 4. The second-order valence-electron chi connectivity index (χ2n) is 5.37. The Hall–Kier alpha value is -2.24. The molecule has 0 aliphatic heterocycles.